The summed E-state index contributed by atoms with van der Waals surface area (Å²) in [5.74, 6) is -0.0134. The van der Waals surface area contributed by atoms with E-state index < -0.39 is 0 Å². The van der Waals surface area contributed by atoms with Crippen molar-refractivity contribution in [3.63, 3.8) is 0 Å². The lowest BCUT2D eigenvalue weighted by Crippen LogP contribution is -2.33. The van der Waals surface area contributed by atoms with Gasteiger partial charge in [0.2, 0.25) is 11.7 Å². The number of aryl methyl sites for hydroxylation is 1. The zero-order chi connectivity index (χ0) is 23.7. The molecule has 0 atom stereocenters. The molecule has 1 aromatic rings. The van der Waals surface area contributed by atoms with E-state index >= 15 is 0 Å². The van der Waals surface area contributed by atoms with E-state index in [0.29, 0.717) is 17.7 Å². The molecule has 0 aliphatic heterocycles. The summed E-state index contributed by atoms with van der Waals surface area (Å²) in [4.78, 5) is 29.2. The normalized spacial score (nSPS) is 15.1. The molecule has 1 aliphatic rings. The van der Waals surface area contributed by atoms with Gasteiger partial charge in [0.15, 0.2) is 0 Å². The molecular weight excluding hydrogens is 410 g/mol. The van der Waals surface area contributed by atoms with Gasteiger partial charge in [-0.2, -0.15) is 0 Å². The summed E-state index contributed by atoms with van der Waals surface area (Å²) in [6.45, 7) is 16.8. The number of hydrogen-bond acceptors (Lipinski definition) is 4. The van der Waals surface area contributed by atoms with Crippen molar-refractivity contribution < 1.29 is 9.59 Å². The minimum atomic E-state index is -0.374. The van der Waals surface area contributed by atoms with Gasteiger partial charge in [-0.25, -0.2) is 4.99 Å². The molecule has 6 heteroatoms. The summed E-state index contributed by atoms with van der Waals surface area (Å²) in [7, 11) is 0. The van der Waals surface area contributed by atoms with Crippen molar-refractivity contribution in [2.45, 2.75) is 61.8 Å². The van der Waals surface area contributed by atoms with Crippen molar-refractivity contribution in [1.82, 2.24) is 5.32 Å². The molecule has 0 radical (unpaired) electrons. The molecule has 5 nitrogen and oxygen atoms in total. The highest BCUT2D eigenvalue weighted by Crippen LogP contribution is 2.29. The van der Waals surface area contributed by atoms with E-state index in [1.807, 2.05) is 39.0 Å². The van der Waals surface area contributed by atoms with Crippen LogP contribution >= 0.6 is 11.6 Å². The monoisotopic (exact) mass is 445 g/mol. The number of Topliss-reactive ketones (excluding diaryl/α,β-unsaturated/α-hetero) is 1. The van der Waals surface area contributed by atoms with Crippen LogP contribution in [0.25, 0.3) is 0 Å². The lowest BCUT2D eigenvalue weighted by atomic mass is 9.97. The number of anilines is 1. The lowest BCUT2D eigenvalue weighted by molar-refractivity contribution is -0.124. The van der Waals surface area contributed by atoms with Crippen LogP contribution in [0.3, 0.4) is 0 Å². The van der Waals surface area contributed by atoms with Gasteiger partial charge in [0.05, 0.1) is 22.1 Å². The number of nitrogens with one attached hydrogen (secondary N) is 2. The number of rotatable bonds is 6. The first-order valence-corrected chi connectivity index (χ1v) is 11.3. The number of benzene rings is 1. The third kappa shape index (κ3) is 7.98. The average molecular weight is 446 g/mol. The fourth-order valence-electron chi connectivity index (χ4n) is 2.69. The van der Waals surface area contributed by atoms with Crippen LogP contribution in [0, 0.1) is 18.8 Å². The quantitative estimate of drug-likeness (QED) is 0.504. The number of carbonyl (C=O) groups is 2. The van der Waals surface area contributed by atoms with Crippen molar-refractivity contribution in [2.24, 2.45) is 16.8 Å². The molecule has 1 aliphatic carbocycles. The van der Waals surface area contributed by atoms with E-state index in [1.165, 1.54) is 0 Å². The minimum Gasteiger partial charge on any atom is -0.385 e. The van der Waals surface area contributed by atoms with Gasteiger partial charge >= 0.3 is 0 Å². The molecule has 0 fully saturated rings. The fourth-order valence-corrected chi connectivity index (χ4v) is 3.02. The Labute approximate surface area is 192 Å². The summed E-state index contributed by atoms with van der Waals surface area (Å²) in [5, 5.41) is 6.04. The van der Waals surface area contributed by atoms with Crippen molar-refractivity contribution in [3.05, 3.63) is 46.1 Å². The van der Waals surface area contributed by atoms with Crippen molar-refractivity contribution in [3.8, 4) is 0 Å². The summed E-state index contributed by atoms with van der Waals surface area (Å²) in [6.07, 6.45) is 2.19. The zero-order valence-electron chi connectivity index (χ0n) is 20.0. The van der Waals surface area contributed by atoms with Crippen molar-refractivity contribution >= 4 is 40.4 Å². The third-order valence-electron chi connectivity index (χ3n) is 4.25. The number of aliphatic imine (C=N–C) groups is 1. The van der Waals surface area contributed by atoms with Crippen LogP contribution in [0.2, 0.25) is 0 Å². The lowest BCUT2D eigenvalue weighted by Gasteiger charge is -2.19. The highest BCUT2D eigenvalue weighted by atomic mass is 35.5. The second kappa shape index (κ2) is 12.5. The Kier molecular flexibility index (Phi) is 10.7. The smallest absolute Gasteiger partial charge is 0.227 e. The highest BCUT2D eigenvalue weighted by Gasteiger charge is 2.27. The van der Waals surface area contributed by atoms with Crippen LogP contribution in [-0.4, -0.2) is 23.9 Å². The van der Waals surface area contributed by atoms with Crippen LogP contribution in [0.5, 0.6) is 0 Å². The molecule has 0 aromatic heterocycles. The average Bonchev–Trinajstić information content (AvgIpc) is 2.67. The van der Waals surface area contributed by atoms with Crippen molar-refractivity contribution in [2.75, 3.05) is 11.9 Å². The molecule has 0 saturated heterocycles. The third-order valence-corrected chi connectivity index (χ3v) is 4.65. The van der Waals surface area contributed by atoms with Gasteiger partial charge in [-0.1, -0.05) is 53.1 Å². The first kappa shape index (κ1) is 26.6. The second-order valence-electron chi connectivity index (χ2n) is 8.44. The van der Waals surface area contributed by atoms with E-state index in [2.05, 4.69) is 31.4 Å². The molecule has 2 N–H and O–H groups in total. The van der Waals surface area contributed by atoms with E-state index in [4.69, 9.17) is 16.6 Å². The molecule has 0 unspecified atom stereocenters. The number of nitrogens with zero attached hydrogens (tertiary/aromatic N) is 1. The van der Waals surface area contributed by atoms with Gasteiger partial charge in [0, 0.05) is 23.7 Å². The Hall–Kier alpha value is -2.40. The SMILES string of the molecule is CC(C)C.CCNc1ccc(N=C2C=C(NC(=O)C(C)C)C(=O)C(Cl)=C2CC)c(C)c1. The predicted molar refractivity (Wildman–Crippen MR) is 132 cm³/mol. The summed E-state index contributed by atoms with van der Waals surface area (Å²) < 4.78 is 0. The summed E-state index contributed by atoms with van der Waals surface area (Å²) in [5.41, 5.74) is 4.27. The maximum Gasteiger partial charge on any atom is 0.227 e. The van der Waals surface area contributed by atoms with Gasteiger partial charge in [0.1, 0.15) is 0 Å². The van der Waals surface area contributed by atoms with E-state index in [1.54, 1.807) is 19.9 Å². The summed E-state index contributed by atoms with van der Waals surface area (Å²) >= 11 is 6.31. The molecule has 0 saturated carbocycles. The zero-order valence-corrected chi connectivity index (χ0v) is 20.8. The first-order valence-electron chi connectivity index (χ1n) is 10.9. The minimum absolute atomic E-state index is 0.111. The predicted octanol–water partition coefficient (Wildman–Crippen LogP) is 6.30. The topological polar surface area (TPSA) is 70.6 Å². The van der Waals surface area contributed by atoms with Crippen LogP contribution in [0.4, 0.5) is 11.4 Å². The highest BCUT2D eigenvalue weighted by molar-refractivity contribution is 6.49. The number of ketones is 1. The Morgan fingerprint density at radius 2 is 1.74 bits per heavy atom. The molecule has 1 amide bonds. The standard InChI is InChI=1S/C21H26ClN3O2.C4H10/c1-6-15-17(24-16-9-8-14(23-7-2)10-13(16)5)11-18(20(26)19(15)22)25-21(27)12(3)4;1-4(2)3/h8-12,23H,6-7H2,1-5H3,(H,25,27);4H,1-3H3. The van der Waals surface area contributed by atoms with Crippen LogP contribution in [-0.2, 0) is 9.59 Å². The van der Waals surface area contributed by atoms with E-state index in [0.717, 1.165) is 29.4 Å². The molecule has 1 aromatic carbocycles. The fraction of sp³-hybridized carbons (Fsp3) is 0.480. The van der Waals surface area contributed by atoms with E-state index in [9.17, 15) is 9.59 Å². The maximum absolute atomic E-state index is 12.5. The van der Waals surface area contributed by atoms with Gasteiger partial charge in [0.25, 0.3) is 0 Å². The number of amides is 1. The van der Waals surface area contributed by atoms with Crippen molar-refractivity contribution in [1.29, 1.82) is 0 Å². The second-order valence-corrected chi connectivity index (χ2v) is 8.82. The Balaban J connectivity index is 0.00000110. The molecule has 2 rings (SSSR count). The Morgan fingerprint density at radius 1 is 1.13 bits per heavy atom. The maximum atomic E-state index is 12.5. The Bertz CT molecular complexity index is 893. The molecular formula is C25H36ClN3O2. The molecule has 0 heterocycles. The van der Waals surface area contributed by atoms with Gasteiger partial charge in [-0.3, -0.25) is 9.59 Å². The molecule has 31 heavy (non-hydrogen) atoms. The van der Waals surface area contributed by atoms with Gasteiger partial charge in [-0.15, -0.1) is 0 Å². The molecule has 0 bridgehead atoms. The molecule has 0 spiro atoms. The molecule has 170 valence electrons. The number of halogens is 1. The Morgan fingerprint density at radius 3 is 2.23 bits per heavy atom. The van der Waals surface area contributed by atoms with E-state index in [-0.39, 0.29) is 28.3 Å². The van der Waals surface area contributed by atoms with Crippen LogP contribution in [0.15, 0.2) is 45.6 Å². The number of carbonyl (C=O) groups excluding carboxylic acids is 2. The first-order chi connectivity index (χ1) is 14.5. The number of hydrogen-bond donors (Lipinski definition) is 2. The van der Waals surface area contributed by atoms with Gasteiger partial charge in [-0.05, 0) is 56.0 Å². The number of allylic oxidation sites excluding steroid dienone is 3. The summed E-state index contributed by atoms with van der Waals surface area (Å²) in [6, 6.07) is 5.92. The van der Waals surface area contributed by atoms with Gasteiger partial charge < -0.3 is 10.6 Å². The van der Waals surface area contributed by atoms with Crippen LogP contribution < -0.4 is 10.6 Å². The largest absolute Gasteiger partial charge is 0.385 e. The van der Waals surface area contributed by atoms with Crippen LogP contribution in [0.1, 0.15) is 60.5 Å².